The van der Waals surface area contributed by atoms with Gasteiger partial charge in [-0.2, -0.15) is 0 Å². The first-order chi connectivity index (χ1) is 8.19. The van der Waals surface area contributed by atoms with Gasteiger partial charge in [0.2, 0.25) is 0 Å². The van der Waals surface area contributed by atoms with E-state index < -0.39 is 0 Å². The number of hydrogen-bond donors (Lipinski definition) is 1. The number of methoxy groups -OCH3 is 1. The number of likely N-dealkylation sites (tertiary alicyclic amines) is 1. The van der Waals surface area contributed by atoms with Gasteiger partial charge in [0.1, 0.15) is 0 Å². The maximum atomic E-state index is 11.3. The Balaban J connectivity index is 2.44. The molecule has 0 radical (unpaired) electrons. The number of esters is 1. The second kappa shape index (κ2) is 7.67. The lowest BCUT2D eigenvalue weighted by atomic mass is 9.92. The standard InChI is InChI=1S/C13H26N2O2/c1-4-6-14-12-7-11(5-2)8-15(9-12)10-13(16)17-3/h11-12,14H,4-10H2,1-3H3. The van der Waals surface area contributed by atoms with Gasteiger partial charge in [-0.1, -0.05) is 20.3 Å². The average molecular weight is 242 g/mol. The molecule has 0 spiro atoms. The molecule has 0 bridgehead atoms. The van der Waals surface area contributed by atoms with E-state index in [0.717, 1.165) is 26.1 Å². The average Bonchev–Trinajstić information content (AvgIpc) is 2.35. The maximum absolute atomic E-state index is 11.3. The molecule has 4 heteroatoms. The molecule has 0 aliphatic carbocycles. The molecule has 0 aromatic rings. The van der Waals surface area contributed by atoms with Gasteiger partial charge in [-0.25, -0.2) is 0 Å². The molecule has 1 N–H and O–H groups in total. The van der Waals surface area contributed by atoms with E-state index in [9.17, 15) is 4.79 Å². The highest BCUT2D eigenvalue weighted by Gasteiger charge is 2.26. The normalized spacial score (nSPS) is 25.8. The van der Waals surface area contributed by atoms with E-state index >= 15 is 0 Å². The first-order valence-electron chi connectivity index (χ1n) is 6.72. The Labute approximate surface area is 105 Å². The number of carbonyl (C=O) groups excluding carboxylic acids is 1. The lowest BCUT2D eigenvalue weighted by molar-refractivity contribution is -0.142. The summed E-state index contributed by atoms with van der Waals surface area (Å²) in [5.41, 5.74) is 0. The number of nitrogens with one attached hydrogen (secondary N) is 1. The quantitative estimate of drug-likeness (QED) is 0.712. The second-order valence-electron chi connectivity index (χ2n) is 4.93. The van der Waals surface area contributed by atoms with Gasteiger partial charge in [0, 0.05) is 19.1 Å². The topological polar surface area (TPSA) is 41.6 Å². The fraction of sp³-hybridized carbons (Fsp3) is 0.923. The highest BCUT2D eigenvalue weighted by molar-refractivity contribution is 5.71. The molecule has 2 unspecified atom stereocenters. The van der Waals surface area contributed by atoms with Crippen LogP contribution < -0.4 is 5.32 Å². The molecule has 0 aromatic heterocycles. The van der Waals surface area contributed by atoms with Gasteiger partial charge in [0.05, 0.1) is 13.7 Å². The minimum absolute atomic E-state index is 0.129. The number of nitrogens with zero attached hydrogens (tertiary/aromatic N) is 1. The van der Waals surface area contributed by atoms with Crippen molar-refractivity contribution in [2.24, 2.45) is 5.92 Å². The Hall–Kier alpha value is -0.610. The molecule has 1 aliphatic heterocycles. The molecule has 1 aliphatic rings. The molecule has 2 atom stereocenters. The van der Waals surface area contributed by atoms with E-state index in [1.165, 1.54) is 20.0 Å². The van der Waals surface area contributed by atoms with Crippen molar-refractivity contribution in [1.29, 1.82) is 0 Å². The molecule has 4 nitrogen and oxygen atoms in total. The predicted molar refractivity (Wildman–Crippen MR) is 68.9 cm³/mol. The van der Waals surface area contributed by atoms with Crippen LogP contribution in [0.4, 0.5) is 0 Å². The lowest BCUT2D eigenvalue weighted by Crippen LogP contribution is -2.50. The van der Waals surface area contributed by atoms with Crippen LogP contribution in [-0.4, -0.2) is 50.2 Å². The zero-order chi connectivity index (χ0) is 12.7. The van der Waals surface area contributed by atoms with Gasteiger partial charge >= 0.3 is 5.97 Å². The van der Waals surface area contributed by atoms with Gasteiger partial charge < -0.3 is 10.1 Å². The molecule has 1 heterocycles. The highest BCUT2D eigenvalue weighted by Crippen LogP contribution is 2.19. The van der Waals surface area contributed by atoms with Crippen LogP contribution in [0.2, 0.25) is 0 Å². The number of carbonyl (C=O) groups is 1. The summed E-state index contributed by atoms with van der Waals surface area (Å²) >= 11 is 0. The van der Waals surface area contributed by atoms with Crippen LogP contribution in [0.5, 0.6) is 0 Å². The monoisotopic (exact) mass is 242 g/mol. The lowest BCUT2D eigenvalue weighted by Gasteiger charge is -2.37. The highest BCUT2D eigenvalue weighted by atomic mass is 16.5. The number of ether oxygens (including phenoxy) is 1. The van der Waals surface area contributed by atoms with Gasteiger partial charge in [0.25, 0.3) is 0 Å². The Bertz CT molecular complexity index is 233. The van der Waals surface area contributed by atoms with Crippen LogP contribution in [-0.2, 0) is 9.53 Å². The van der Waals surface area contributed by atoms with Crippen molar-refractivity contribution in [3.8, 4) is 0 Å². The fourth-order valence-electron chi connectivity index (χ4n) is 2.47. The number of hydrogen-bond acceptors (Lipinski definition) is 4. The summed E-state index contributed by atoms with van der Waals surface area (Å²) in [6, 6.07) is 0.526. The molecule has 17 heavy (non-hydrogen) atoms. The molecular formula is C13H26N2O2. The summed E-state index contributed by atoms with van der Waals surface area (Å²) in [7, 11) is 1.45. The van der Waals surface area contributed by atoms with Gasteiger partial charge in [0.15, 0.2) is 0 Å². The van der Waals surface area contributed by atoms with Gasteiger partial charge in [-0.3, -0.25) is 9.69 Å². The predicted octanol–water partition coefficient (Wildman–Crippen LogP) is 1.26. The minimum Gasteiger partial charge on any atom is -0.468 e. The number of piperidine rings is 1. The third-order valence-corrected chi connectivity index (χ3v) is 3.45. The molecule has 0 saturated carbocycles. The largest absolute Gasteiger partial charge is 0.468 e. The third-order valence-electron chi connectivity index (χ3n) is 3.45. The van der Waals surface area contributed by atoms with Crippen molar-refractivity contribution < 1.29 is 9.53 Å². The van der Waals surface area contributed by atoms with E-state index in [4.69, 9.17) is 4.74 Å². The fourth-order valence-corrected chi connectivity index (χ4v) is 2.47. The summed E-state index contributed by atoms with van der Waals surface area (Å²) in [6.45, 7) is 7.88. The van der Waals surface area contributed by atoms with Crippen molar-refractivity contribution in [2.75, 3.05) is 33.3 Å². The van der Waals surface area contributed by atoms with Crippen LogP contribution in [0.1, 0.15) is 33.1 Å². The summed E-state index contributed by atoms with van der Waals surface area (Å²) < 4.78 is 4.74. The first-order valence-corrected chi connectivity index (χ1v) is 6.72. The van der Waals surface area contributed by atoms with E-state index in [-0.39, 0.29) is 5.97 Å². The van der Waals surface area contributed by atoms with Gasteiger partial charge in [-0.05, 0) is 25.3 Å². The van der Waals surface area contributed by atoms with Crippen molar-refractivity contribution in [2.45, 2.75) is 39.2 Å². The Morgan fingerprint density at radius 2 is 2.18 bits per heavy atom. The summed E-state index contributed by atoms with van der Waals surface area (Å²) in [5.74, 6) is 0.568. The molecule has 0 aromatic carbocycles. The molecule has 100 valence electrons. The summed E-state index contributed by atoms with van der Waals surface area (Å²) in [5, 5.41) is 3.56. The smallest absolute Gasteiger partial charge is 0.319 e. The summed E-state index contributed by atoms with van der Waals surface area (Å²) in [4.78, 5) is 13.5. The Morgan fingerprint density at radius 3 is 2.76 bits per heavy atom. The summed E-state index contributed by atoms with van der Waals surface area (Å²) in [6.07, 6.45) is 3.57. The molecule has 1 fully saturated rings. The zero-order valence-electron chi connectivity index (χ0n) is 11.4. The second-order valence-corrected chi connectivity index (χ2v) is 4.93. The van der Waals surface area contributed by atoms with Crippen molar-refractivity contribution in [1.82, 2.24) is 10.2 Å². The molecule has 0 amide bonds. The van der Waals surface area contributed by atoms with E-state index in [1.54, 1.807) is 0 Å². The van der Waals surface area contributed by atoms with Crippen molar-refractivity contribution >= 4 is 5.97 Å². The van der Waals surface area contributed by atoms with Gasteiger partial charge in [-0.15, -0.1) is 0 Å². The van der Waals surface area contributed by atoms with Crippen LogP contribution in [0.3, 0.4) is 0 Å². The van der Waals surface area contributed by atoms with Crippen LogP contribution >= 0.6 is 0 Å². The maximum Gasteiger partial charge on any atom is 0.319 e. The first kappa shape index (κ1) is 14.5. The molecule has 1 saturated heterocycles. The van der Waals surface area contributed by atoms with E-state index in [2.05, 4.69) is 24.1 Å². The van der Waals surface area contributed by atoms with Crippen molar-refractivity contribution in [3.05, 3.63) is 0 Å². The Kier molecular flexibility index (Phi) is 6.52. The van der Waals surface area contributed by atoms with Crippen LogP contribution in [0, 0.1) is 5.92 Å². The zero-order valence-corrected chi connectivity index (χ0v) is 11.4. The number of rotatable bonds is 6. The minimum atomic E-state index is -0.129. The molecule has 1 rings (SSSR count). The van der Waals surface area contributed by atoms with Crippen LogP contribution in [0.15, 0.2) is 0 Å². The SMILES string of the molecule is CCCNC1CC(CC)CN(CC(=O)OC)C1. The van der Waals surface area contributed by atoms with Crippen LogP contribution in [0.25, 0.3) is 0 Å². The molecular weight excluding hydrogens is 216 g/mol. The Morgan fingerprint density at radius 1 is 1.41 bits per heavy atom. The van der Waals surface area contributed by atoms with Crippen molar-refractivity contribution in [3.63, 3.8) is 0 Å². The van der Waals surface area contributed by atoms with E-state index in [0.29, 0.717) is 18.5 Å². The van der Waals surface area contributed by atoms with E-state index in [1.807, 2.05) is 0 Å². The third kappa shape index (κ3) is 5.04.